The lowest BCUT2D eigenvalue weighted by Gasteiger charge is -2.07. The number of benzene rings is 2. The van der Waals surface area contributed by atoms with Crippen LogP contribution in [-0.4, -0.2) is 45.8 Å². The highest BCUT2D eigenvalue weighted by molar-refractivity contribution is 8.18. The molecule has 2 aromatic rings. The van der Waals surface area contributed by atoms with E-state index in [1.54, 1.807) is 49.5 Å². The standard InChI is InChI=1S/C20H18N2O5S/c1-22-19(26)17(28-20(22)21-14-5-3-6-15(23)12-14)11-13-4-2-7-16(10-13)27-9-8-18(24)25/h2-7,10-12,23H,8-9H2,1H3,(H,24,25)/b17-11-,21-20?. The first-order chi connectivity index (χ1) is 13.4. The topological polar surface area (TPSA) is 99.4 Å². The maximum atomic E-state index is 12.5. The number of aromatic hydroxyl groups is 1. The van der Waals surface area contributed by atoms with Gasteiger partial charge in [0.1, 0.15) is 11.5 Å². The van der Waals surface area contributed by atoms with Gasteiger partial charge in [-0.05, 0) is 47.7 Å². The van der Waals surface area contributed by atoms with Crippen molar-refractivity contribution in [2.45, 2.75) is 6.42 Å². The van der Waals surface area contributed by atoms with Crippen LogP contribution < -0.4 is 4.74 Å². The van der Waals surface area contributed by atoms with E-state index >= 15 is 0 Å². The molecule has 0 spiro atoms. The maximum Gasteiger partial charge on any atom is 0.306 e. The molecular weight excluding hydrogens is 380 g/mol. The molecule has 0 aromatic heterocycles. The highest BCUT2D eigenvalue weighted by atomic mass is 32.2. The van der Waals surface area contributed by atoms with Gasteiger partial charge in [-0.15, -0.1) is 0 Å². The predicted molar refractivity (Wildman–Crippen MR) is 108 cm³/mol. The highest BCUT2D eigenvalue weighted by Gasteiger charge is 2.30. The van der Waals surface area contributed by atoms with E-state index in [4.69, 9.17) is 9.84 Å². The molecule has 0 radical (unpaired) electrons. The van der Waals surface area contributed by atoms with Gasteiger partial charge < -0.3 is 14.9 Å². The van der Waals surface area contributed by atoms with E-state index in [1.165, 1.54) is 22.7 Å². The van der Waals surface area contributed by atoms with Crippen molar-refractivity contribution in [3.63, 3.8) is 0 Å². The number of phenols is 1. The van der Waals surface area contributed by atoms with Gasteiger partial charge in [-0.2, -0.15) is 0 Å². The molecule has 8 heteroatoms. The van der Waals surface area contributed by atoms with Crippen LogP contribution in [0.3, 0.4) is 0 Å². The van der Waals surface area contributed by atoms with Crippen molar-refractivity contribution >= 4 is 40.6 Å². The van der Waals surface area contributed by atoms with Crippen molar-refractivity contribution in [3.8, 4) is 11.5 Å². The number of aliphatic imine (C=N–C) groups is 1. The molecule has 1 heterocycles. The molecule has 0 aliphatic carbocycles. The summed E-state index contributed by atoms with van der Waals surface area (Å²) in [7, 11) is 1.64. The molecule has 2 aromatic carbocycles. The molecule has 0 unspecified atom stereocenters. The fourth-order valence-electron chi connectivity index (χ4n) is 2.43. The van der Waals surface area contributed by atoms with Crippen LogP contribution in [0.5, 0.6) is 11.5 Å². The number of nitrogens with zero attached hydrogens (tertiary/aromatic N) is 2. The summed E-state index contributed by atoms with van der Waals surface area (Å²) in [5.41, 5.74) is 1.31. The number of carboxylic acids is 1. The second kappa shape index (κ2) is 8.62. The monoisotopic (exact) mass is 398 g/mol. The summed E-state index contributed by atoms with van der Waals surface area (Å²) >= 11 is 1.24. The summed E-state index contributed by atoms with van der Waals surface area (Å²) in [4.78, 5) is 29.5. The van der Waals surface area contributed by atoms with Gasteiger partial charge in [0.05, 0.1) is 23.6 Å². The number of hydrogen-bond acceptors (Lipinski definition) is 6. The molecule has 1 aliphatic heterocycles. The van der Waals surface area contributed by atoms with Gasteiger partial charge in [-0.1, -0.05) is 18.2 Å². The number of hydrogen-bond donors (Lipinski definition) is 2. The molecular formula is C20H18N2O5S. The van der Waals surface area contributed by atoms with Crippen LogP contribution in [0.15, 0.2) is 58.4 Å². The van der Waals surface area contributed by atoms with E-state index in [2.05, 4.69) is 4.99 Å². The molecule has 0 saturated carbocycles. The first kappa shape index (κ1) is 19.5. The number of likely N-dealkylation sites (N-methyl/N-ethyl adjacent to an activating group) is 1. The zero-order chi connectivity index (χ0) is 20.1. The minimum Gasteiger partial charge on any atom is -0.508 e. The number of rotatable bonds is 6. The number of amidine groups is 1. The van der Waals surface area contributed by atoms with Crippen LogP contribution in [0.2, 0.25) is 0 Å². The Balaban J connectivity index is 1.77. The molecule has 0 atom stereocenters. The van der Waals surface area contributed by atoms with Gasteiger partial charge >= 0.3 is 5.97 Å². The zero-order valence-corrected chi connectivity index (χ0v) is 15.8. The number of carboxylic acid groups (broad SMARTS) is 1. The van der Waals surface area contributed by atoms with Gasteiger partial charge in [0.15, 0.2) is 5.17 Å². The lowest BCUT2D eigenvalue weighted by Crippen LogP contribution is -2.23. The van der Waals surface area contributed by atoms with Crippen LogP contribution in [0.4, 0.5) is 5.69 Å². The second-order valence-electron chi connectivity index (χ2n) is 5.95. The molecule has 0 bridgehead atoms. The number of carbonyl (C=O) groups is 2. The first-order valence-electron chi connectivity index (χ1n) is 8.42. The van der Waals surface area contributed by atoms with Gasteiger partial charge in [0.25, 0.3) is 5.91 Å². The number of carbonyl (C=O) groups excluding carboxylic acids is 1. The summed E-state index contributed by atoms with van der Waals surface area (Å²) in [6.07, 6.45) is 1.65. The molecule has 2 N–H and O–H groups in total. The molecule has 1 saturated heterocycles. The van der Waals surface area contributed by atoms with Crippen molar-refractivity contribution in [2.24, 2.45) is 4.99 Å². The minimum atomic E-state index is -0.923. The van der Waals surface area contributed by atoms with Gasteiger partial charge in [0, 0.05) is 13.1 Å². The Morgan fingerprint density at radius 2 is 2.04 bits per heavy atom. The van der Waals surface area contributed by atoms with Crippen LogP contribution in [0, 0.1) is 0 Å². The number of thioether (sulfide) groups is 1. The summed E-state index contributed by atoms with van der Waals surface area (Å²) in [5.74, 6) is -0.462. The van der Waals surface area contributed by atoms with Crippen LogP contribution in [-0.2, 0) is 9.59 Å². The molecule has 3 rings (SSSR count). The van der Waals surface area contributed by atoms with Crippen molar-refractivity contribution in [2.75, 3.05) is 13.7 Å². The number of phenolic OH excluding ortho intramolecular Hbond substituents is 1. The molecule has 1 aliphatic rings. The van der Waals surface area contributed by atoms with E-state index < -0.39 is 5.97 Å². The van der Waals surface area contributed by atoms with Crippen molar-refractivity contribution in [1.82, 2.24) is 4.90 Å². The fraction of sp³-hybridized carbons (Fsp3) is 0.150. The Labute approximate surface area is 166 Å². The van der Waals surface area contributed by atoms with E-state index in [9.17, 15) is 14.7 Å². The average Bonchev–Trinajstić information content (AvgIpc) is 2.90. The average molecular weight is 398 g/mol. The smallest absolute Gasteiger partial charge is 0.306 e. The quantitative estimate of drug-likeness (QED) is 0.723. The third-order valence-corrected chi connectivity index (χ3v) is 4.86. The highest BCUT2D eigenvalue weighted by Crippen LogP contribution is 2.34. The third kappa shape index (κ3) is 4.92. The van der Waals surface area contributed by atoms with Crippen LogP contribution in [0.25, 0.3) is 6.08 Å². The zero-order valence-electron chi connectivity index (χ0n) is 15.0. The Morgan fingerprint density at radius 3 is 2.79 bits per heavy atom. The molecule has 1 fully saturated rings. The summed E-state index contributed by atoms with van der Waals surface area (Å²) < 4.78 is 5.42. The number of ether oxygens (including phenoxy) is 1. The minimum absolute atomic E-state index is 0.0759. The Morgan fingerprint density at radius 1 is 1.25 bits per heavy atom. The molecule has 1 amide bonds. The van der Waals surface area contributed by atoms with Crippen molar-refractivity contribution in [3.05, 3.63) is 59.0 Å². The normalized spacial score (nSPS) is 16.8. The number of aliphatic carboxylic acids is 1. The SMILES string of the molecule is CN1C(=O)/C(=C/c2cccc(OCCC(=O)O)c2)SC1=Nc1cccc(O)c1. The van der Waals surface area contributed by atoms with E-state index in [1.807, 2.05) is 6.07 Å². The summed E-state index contributed by atoms with van der Waals surface area (Å²) in [5, 5.41) is 18.7. The first-order valence-corrected chi connectivity index (χ1v) is 9.24. The Kier molecular flexibility index (Phi) is 6.00. The van der Waals surface area contributed by atoms with E-state index in [0.29, 0.717) is 21.5 Å². The second-order valence-corrected chi connectivity index (χ2v) is 6.96. The predicted octanol–water partition coefficient (Wildman–Crippen LogP) is 3.48. The van der Waals surface area contributed by atoms with Crippen molar-refractivity contribution < 1.29 is 24.5 Å². The fourth-order valence-corrected chi connectivity index (χ4v) is 3.41. The van der Waals surface area contributed by atoms with Gasteiger partial charge in [-0.25, -0.2) is 4.99 Å². The number of amides is 1. The van der Waals surface area contributed by atoms with Crippen LogP contribution >= 0.6 is 11.8 Å². The van der Waals surface area contributed by atoms with Gasteiger partial charge in [0.2, 0.25) is 0 Å². The largest absolute Gasteiger partial charge is 0.508 e. The summed E-state index contributed by atoms with van der Waals surface area (Å²) in [6, 6.07) is 13.6. The lowest BCUT2D eigenvalue weighted by atomic mass is 10.2. The van der Waals surface area contributed by atoms with Crippen LogP contribution in [0.1, 0.15) is 12.0 Å². The lowest BCUT2D eigenvalue weighted by molar-refractivity contribution is -0.137. The maximum absolute atomic E-state index is 12.5. The molecule has 144 valence electrons. The third-order valence-electron chi connectivity index (χ3n) is 3.80. The van der Waals surface area contributed by atoms with E-state index in [0.717, 1.165) is 5.56 Å². The van der Waals surface area contributed by atoms with Crippen molar-refractivity contribution in [1.29, 1.82) is 0 Å². The van der Waals surface area contributed by atoms with E-state index in [-0.39, 0.29) is 24.7 Å². The molecule has 28 heavy (non-hydrogen) atoms. The molecule has 7 nitrogen and oxygen atoms in total. The summed E-state index contributed by atoms with van der Waals surface area (Å²) in [6.45, 7) is 0.0759. The Bertz CT molecular complexity index is 971. The Hall–Kier alpha value is -3.26. The van der Waals surface area contributed by atoms with Gasteiger partial charge in [-0.3, -0.25) is 14.5 Å².